The molecular weight excluding hydrogens is 394 g/mol. The number of rotatable bonds is 17. The van der Waals surface area contributed by atoms with Gasteiger partial charge in [0.05, 0.1) is 18.4 Å². The fourth-order valence-electron chi connectivity index (χ4n) is 3.63. The summed E-state index contributed by atoms with van der Waals surface area (Å²) in [6.45, 7) is 7.44. The lowest BCUT2D eigenvalue weighted by molar-refractivity contribution is 0.206. The zero-order valence-corrected chi connectivity index (χ0v) is 20.5. The molecule has 3 nitrogen and oxygen atoms in total. The minimum atomic E-state index is 0.258. The summed E-state index contributed by atoms with van der Waals surface area (Å²) in [5.41, 5.74) is 1.99. The Labute approximate surface area is 196 Å². The van der Waals surface area contributed by atoms with Crippen molar-refractivity contribution in [3.63, 3.8) is 0 Å². The molecule has 3 heteroatoms. The van der Waals surface area contributed by atoms with E-state index in [1.807, 2.05) is 42.6 Å². The number of aliphatic imine (C=N–C) groups is 1. The predicted octanol–water partition coefficient (Wildman–Crippen LogP) is 8.91. The van der Waals surface area contributed by atoms with Gasteiger partial charge in [-0.1, -0.05) is 65.2 Å². The molecule has 1 atom stereocenters. The summed E-state index contributed by atoms with van der Waals surface area (Å²) < 4.78 is 11.9. The van der Waals surface area contributed by atoms with Gasteiger partial charge in [-0.3, -0.25) is 4.99 Å². The van der Waals surface area contributed by atoms with Crippen LogP contribution < -0.4 is 9.47 Å². The fraction of sp³-hybridized carbons (Fsp3) is 0.552. The lowest BCUT2D eigenvalue weighted by Crippen LogP contribution is -2.11. The second-order valence-electron chi connectivity index (χ2n) is 8.72. The number of hydrogen-bond acceptors (Lipinski definition) is 3. The third-order valence-corrected chi connectivity index (χ3v) is 5.65. The van der Waals surface area contributed by atoms with Gasteiger partial charge < -0.3 is 9.47 Å². The van der Waals surface area contributed by atoms with Gasteiger partial charge in [-0.2, -0.15) is 0 Å². The fourth-order valence-corrected chi connectivity index (χ4v) is 3.63. The largest absolute Gasteiger partial charge is 0.494 e. The number of ether oxygens (including phenoxy) is 2. The van der Waals surface area contributed by atoms with Crippen molar-refractivity contribution < 1.29 is 9.47 Å². The molecule has 0 heterocycles. The Balaban J connectivity index is 1.70. The first kappa shape index (κ1) is 26.0. The van der Waals surface area contributed by atoms with Crippen molar-refractivity contribution in [2.75, 3.05) is 6.61 Å². The van der Waals surface area contributed by atoms with E-state index in [-0.39, 0.29) is 6.10 Å². The molecule has 0 aromatic heterocycles. The van der Waals surface area contributed by atoms with E-state index >= 15 is 0 Å². The van der Waals surface area contributed by atoms with Gasteiger partial charge in [-0.05, 0) is 80.3 Å². The van der Waals surface area contributed by atoms with E-state index in [0.717, 1.165) is 42.2 Å². The van der Waals surface area contributed by atoms with Crippen LogP contribution in [0.2, 0.25) is 0 Å². The highest BCUT2D eigenvalue weighted by atomic mass is 16.5. The van der Waals surface area contributed by atoms with Crippen LogP contribution in [0, 0.1) is 0 Å². The van der Waals surface area contributed by atoms with Gasteiger partial charge in [0.15, 0.2) is 0 Å². The summed E-state index contributed by atoms with van der Waals surface area (Å²) in [6.07, 6.45) is 16.1. The highest BCUT2D eigenvalue weighted by Gasteiger charge is 2.04. The summed E-state index contributed by atoms with van der Waals surface area (Å²) >= 11 is 0. The molecule has 0 aliphatic rings. The molecular formula is C29H43NO2. The molecule has 0 spiro atoms. The molecule has 0 amide bonds. The molecule has 0 fully saturated rings. The second kappa shape index (κ2) is 16.4. The summed E-state index contributed by atoms with van der Waals surface area (Å²) in [4.78, 5) is 4.58. The van der Waals surface area contributed by atoms with Crippen molar-refractivity contribution in [1.29, 1.82) is 0 Å². The molecule has 0 aliphatic heterocycles. The third-order valence-electron chi connectivity index (χ3n) is 5.65. The van der Waals surface area contributed by atoms with Crippen LogP contribution in [0.15, 0.2) is 53.5 Å². The average molecular weight is 438 g/mol. The zero-order chi connectivity index (χ0) is 22.9. The number of unbranched alkanes of at least 4 members (excludes halogenated alkanes) is 8. The predicted molar refractivity (Wildman–Crippen MR) is 138 cm³/mol. The third kappa shape index (κ3) is 11.4. The number of benzene rings is 2. The lowest BCUT2D eigenvalue weighted by atomic mass is 10.1. The molecule has 0 radical (unpaired) electrons. The smallest absolute Gasteiger partial charge is 0.119 e. The van der Waals surface area contributed by atoms with E-state index in [9.17, 15) is 0 Å². The first-order valence-electron chi connectivity index (χ1n) is 12.7. The van der Waals surface area contributed by atoms with Gasteiger partial charge in [0.2, 0.25) is 0 Å². The van der Waals surface area contributed by atoms with Crippen LogP contribution in [0.3, 0.4) is 0 Å². The highest BCUT2D eigenvalue weighted by Crippen LogP contribution is 2.20. The van der Waals surface area contributed by atoms with Crippen molar-refractivity contribution in [3.05, 3.63) is 54.1 Å². The minimum absolute atomic E-state index is 0.258. The molecule has 0 bridgehead atoms. The normalized spacial score (nSPS) is 12.2. The summed E-state index contributed by atoms with van der Waals surface area (Å²) in [5, 5.41) is 0. The molecule has 2 rings (SSSR count). The van der Waals surface area contributed by atoms with Gasteiger partial charge in [-0.25, -0.2) is 0 Å². The van der Waals surface area contributed by atoms with E-state index < -0.39 is 0 Å². The first-order chi connectivity index (χ1) is 15.7. The molecule has 0 N–H and O–H groups in total. The van der Waals surface area contributed by atoms with Crippen LogP contribution in [0.4, 0.5) is 5.69 Å². The maximum atomic E-state index is 6.03. The second-order valence-corrected chi connectivity index (χ2v) is 8.72. The molecule has 2 aromatic rings. The van der Waals surface area contributed by atoms with E-state index in [2.05, 4.69) is 37.9 Å². The van der Waals surface area contributed by atoms with Crippen molar-refractivity contribution in [3.8, 4) is 11.5 Å². The standard InChI is InChI=1S/C29H43NO2/c1-4-6-8-10-11-13-23-31-28-21-17-27(18-22-28)30-24-26-15-19-29(20-16-26)32-25(3)14-12-9-7-5-2/h15-22,24-25H,4-14,23H2,1-3H3/t25-/m0/s1. The van der Waals surface area contributed by atoms with Crippen LogP contribution in [-0.4, -0.2) is 18.9 Å². The Kier molecular flexibility index (Phi) is 13.3. The van der Waals surface area contributed by atoms with Gasteiger partial charge in [-0.15, -0.1) is 0 Å². The average Bonchev–Trinajstić information content (AvgIpc) is 2.81. The Morgan fingerprint density at radius 3 is 2.00 bits per heavy atom. The van der Waals surface area contributed by atoms with Gasteiger partial charge in [0.25, 0.3) is 0 Å². The van der Waals surface area contributed by atoms with Crippen LogP contribution in [0.5, 0.6) is 11.5 Å². The van der Waals surface area contributed by atoms with E-state index in [1.165, 1.54) is 57.8 Å². The van der Waals surface area contributed by atoms with E-state index in [4.69, 9.17) is 9.47 Å². The Morgan fingerprint density at radius 2 is 1.31 bits per heavy atom. The highest BCUT2D eigenvalue weighted by molar-refractivity contribution is 5.82. The molecule has 0 saturated carbocycles. The van der Waals surface area contributed by atoms with Crippen molar-refractivity contribution in [1.82, 2.24) is 0 Å². The Bertz CT molecular complexity index is 737. The summed E-state index contributed by atoms with van der Waals surface area (Å²) in [5.74, 6) is 1.85. The number of hydrogen-bond donors (Lipinski definition) is 0. The maximum Gasteiger partial charge on any atom is 0.119 e. The first-order valence-corrected chi connectivity index (χ1v) is 12.7. The van der Waals surface area contributed by atoms with Crippen LogP contribution in [0.1, 0.15) is 97.0 Å². The SMILES string of the molecule is CCCCCCCCOc1ccc(N=Cc2ccc(O[C@@H](C)CCCCCC)cc2)cc1. The van der Waals surface area contributed by atoms with E-state index in [0.29, 0.717) is 0 Å². The van der Waals surface area contributed by atoms with E-state index in [1.54, 1.807) is 0 Å². The summed E-state index contributed by atoms with van der Waals surface area (Å²) in [7, 11) is 0. The molecule has 32 heavy (non-hydrogen) atoms. The lowest BCUT2D eigenvalue weighted by Gasteiger charge is -2.14. The minimum Gasteiger partial charge on any atom is -0.494 e. The molecule has 2 aromatic carbocycles. The van der Waals surface area contributed by atoms with Crippen LogP contribution in [0.25, 0.3) is 0 Å². The Hall–Kier alpha value is -2.29. The topological polar surface area (TPSA) is 30.8 Å². The van der Waals surface area contributed by atoms with Gasteiger partial charge in [0, 0.05) is 6.21 Å². The molecule has 0 saturated heterocycles. The van der Waals surface area contributed by atoms with Crippen LogP contribution >= 0.6 is 0 Å². The quantitative estimate of drug-likeness (QED) is 0.183. The maximum absolute atomic E-state index is 6.03. The van der Waals surface area contributed by atoms with Crippen molar-refractivity contribution in [2.24, 2.45) is 4.99 Å². The molecule has 176 valence electrons. The van der Waals surface area contributed by atoms with Gasteiger partial charge >= 0.3 is 0 Å². The zero-order valence-electron chi connectivity index (χ0n) is 20.5. The number of nitrogens with zero attached hydrogens (tertiary/aromatic N) is 1. The monoisotopic (exact) mass is 437 g/mol. The van der Waals surface area contributed by atoms with Gasteiger partial charge in [0.1, 0.15) is 11.5 Å². The Morgan fingerprint density at radius 1 is 0.719 bits per heavy atom. The molecule has 0 unspecified atom stereocenters. The van der Waals surface area contributed by atoms with Crippen LogP contribution in [-0.2, 0) is 0 Å². The van der Waals surface area contributed by atoms with Crippen molar-refractivity contribution >= 4 is 11.9 Å². The van der Waals surface area contributed by atoms with Crippen molar-refractivity contribution in [2.45, 2.75) is 97.5 Å². The summed E-state index contributed by atoms with van der Waals surface area (Å²) in [6, 6.07) is 16.2. The molecule has 0 aliphatic carbocycles.